The second-order valence-corrected chi connectivity index (χ2v) is 6.98. The van der Waals surface area contributed by atoms with Crippen LogP contribution in [0.15, 0.2) is 84.9 Å². The SMILES string of the molecule is O=C(Cc1ccccc1)N[C@@H](Cc1ccccc1)C(=O)Nc1ccc(C(=O)NO)cc1. The largest absolute Gasteiger partial charge is 0.344 e. The van der Waals surface area contributed by atoms with E-state index in [-0.39, 0.29) is 23.8 Å². The van der Waals surface area contributed by atoms with Crippen molar-refractivity contribution in [1.82, 2.24) is 10.8 Å². The van der Waals surface area contributed by atoms with Crippen LogP contribution in [-0.2, 0) is 22.4 Å². The number of carbonyl (C=O) groups excluding carboxylic acids is 3. The number of anilines is 1. The third kappa shape index (κ3) is 6.52. The van der Waals surface area contributed by atoms with Crippen molar-refractivity contribution in [1.29, 1.82) is 0 Å². The third-order valence-corrected chi connectivity index (χ3v) is 4.66. The minimum Gasteiger partial charge on any atom is -0.344 e. The molecule has 3 rings (SSSR count). The second-order valence-electron chi connectivity index (χ2n) is 6.98. The summed E-state index contributed by atoms with van der Waals surface area (Å²) >= 11 is 0. The quantitative estimate of drug-likeness (QED) is 0.334. The lowest BCUT2D eigenvalue weighted by molar-refractivity contribution is -0.126. The lowest BCUT2D eigenvalue weighted by Crippen LogP contribution is -2.45. The molecule has 0 aliphatic rings. The zero-order valence-corrected chi connectivity index (χ0v) is 16.7. The fraction of sp³-hybridized carbons (Fsp3) is 0.125. The Morgan fingerprint density at radius 2 is 1.35 bits per heavy atom. The molecule has 3 amide bonds. The number of rotatable bonds is 8. The van der Waals surface area contributed by atoms with Crippen LogP contribution in [0, 0.1) is 0 Å². The van der Waals surface area contributed by atoms with Gasteiger partial charge >= 0.3 is 0 Å². The van der Waals surface area contributed by atoms with Gasteiger partial charge < -0.3 is 10.6 Å². The topological polar surface area (TPSA) is 108 Å². The highest BCUT2D eigenvalue weighted by Gasteiger charge is 2.21. The maximum atomic E-state index is 12.9. The molecule has 0 unspecified atom stereocenters. The van der Waals surface area contributed by atoms with Crippen molar-refractivity contribution in [3.05, 3.63) is 102 Å². The first-order valence-corrected chi connectivity index (χ1v) is 9.77. The standard InChI is InChI=1S/C24H23N3O4/c28-22(16-18-9-5-2-6-10-18)26-21(15-17-7-3-1-4-8-17)24(30)25-20-13-11-19(12-14-20)23(29)27-31/h1-14,21,31H,15-16H2,(H,25,30)(H,26,28)(H,27,29)/t21-/m0/s1. The average Bonchev–Trinajstić information content (AvgIpc) is 2.80. The molecule has 4 N–H and O–H groups in total. The van der Waals surface area contributed by atoms with Gasteiger partial charge in [-0.15, -0.1) is 0 Å². The molecule has 0 saturated carbocycles. The summed E-state index contributed by atoms with van der Waals surface area (Å²) in [6.45, 7) is 0. The molecule has 0 fully saturated rings. The van der Waals surface area contributed by atoms with Crippen molar-refractivity contribution in [3.8, 4) is 0 Å². The van der Waals surface area contributed by atoms with Crippen LogP contribution in [0.2, 0.25) is 0 Å². The summed E-state index contributed by atoms with van der Waals surface area (Å²) in [5, 5.41) is 14.3. The van der Waals surface area contributed by atoms with Crippen LogP contribution in [-0.4, -0.2) is 29.0 Å². The average molecular weight is 417 g/mol. The zero-order chi connectivity index (χ0) is 22.1. The maximum Gasteiger partial charge on any atom is 0.274 e. The zero-order valence-electron chi connectivity index (χ0n) is 16.7. The number of hydrogen-bond donors (Lipinski definition) is 4. The van der Waals surface area contributed by atoms with Crippen LogP contribution in [0.4, 0.5) is 5.69 Å². The van der Waals surface area contributed by atoms with E-state index in [2.05, 4.69) is 10.6 Å². The van der Waals surface area contributed by atoms with Gasteiger partial charge in [-0.3, -0.25) is 19.6 Å². The number of hydroxylamine groups is 1. The molecule has 3 aromatic carbocycles. The normalized spacial score (nSPS) is 11.3. The van der Waals surface area contributed by atoms with Gasteiger partial charge in [-0.05, 0) is 35.4 Å². The Morgan fingerprint density at radius 1 is 0.774 bits per heavy atom. The van der Waals surface area contributed by atoms with Gasteiger partial charge in [0.25, 0.3) is 5.91 Å². The van der Waals surface area contributed by atoms with Crippen LogP contribution in [0.5, 0.6) is 0 Å². The Balaban J connectivity index is 1.71. The van der Waals surface area contributed by atoms with E-state index in [1.165, 1.54) is 12.1 Å². The summed E-state index contributed by atoms with van der Waals surface area (Å²) in [6.07, 6.45) is 0.503. The highest BCUT2D eigenvalue weighted by atomic mass is 16.5. The lowest BCUT2D eigenvalue weighted by Gasteiger charge is -2.19. The molecule has 7 nitrogen and oxygen atoms in total. The molecule has 0 heterocycles. The highest BCUT2D eigenvalue weighted by Crippen LogP contribution is 2.12. The number of carbonyl (C=O) groups is 3. The van der Waals surface area contributed by atoms with E-state index < -0.39 is 11.9 Å². The summed E-state index contributed by atoms with van der Waals surface area (Å²) in [5.74, 6) is -1.27. The molecular weight excluding hydrogens is 394 g/mol. The van der Waals surface area contributed by atoms with Crippen molar-refractivity contribution in [2.24, 2.45) is 0 Å². The van der Waals surface area contributed by atoms with Gasteiger partial charge in [-0.1, -0.05) is 60.7 Å². The molecular formula is C24H23N3O4. The molecule has 0 aliphatic heterocycles. The molecule has 0 aliphatic carbocycles. The minimum atomic E-state index is -0.779. The maximum absolute atomic E-state index is 12.9. The van der Waals surface area contributed by atoms with Gasteiger partial charge in [0.05, 0.1) is 6.42 Å². The van der Waals surface area contributed by atoms with E-state index in [1.54, 1.807) is 17.6 Å². The Hall–Kier alpha value is -3.97. The van der Waals surface area contributed by atoms with Gasteiger partial charge in [-0.2, -0.15) is 0 Å². The smallest absolute Gasteiger partial charge is 0.274 e. The Bertz CT molecular complexity index is 1020. The molecule has 0 bridgehead atoms. The molecule has 0 radical (unpaired) electrons. The molecule has 158 valence electrons. The summed E-state index contributed by atoms with van der Waals surface area (Å²) in [6, 6.07) is 24.0. The molecule has 0 spiro atoms. The molecule has 1 atom stereocenters. The van der Waals surface area contributed by atoms with Crippen LogP contribution < -0.4 is 16.1 Å². The Labute approximate surface area is 180 Å². The summed E-state index contributed by atoms with van der Waals surface area (Å²) < 4.78 is 0. The van der Waals surface area contributed by atoms with Crippen molar-refractivity contribution in [2.45, 2.75) is 18.9 Å². The van der Waals surface area contributed by atoms with Crippen molar-refractivity contribution < 1.29 is 19.6 Å². The van der Waals surface area contributed by atoms with Gasteiger partial charge in [0.1, 0.15) is 6.04 Å². The van der Waals surface area contributed by atoms with Gasteiger partial charge in [0.2, 0.25) is 11.8 Å². The van der Waals surface area contributed by atoms with Crippen LogP contribution >= 0.6 is 0 Å². The summed E-state index contributed by atoms with van der Waals surface area (Å²) in [4.78, 5) is 36.9. The summed E-state index contributed by atoms with van der Waals surface area (Å²) in [5.41, 5.74) is 4.04. The molecule has 31 heavy (non-hydrogen) atoms. The van der Waals surface area contributed by atoms with Gasteiger partial charge in [0, 0.05) is 17.7 Å². The van der Waals surface area contributed by atoms with E-state index in [9.17, 15) is 14.4 Å². The summed E-state index contributed by atoms with van der Waals surface area (Å²) in [7, 11) is 0. The molecule has 0 saturated heterocycles. The van der Waals surface area contributed by atoms with E-state index in [1.807, 2.05) is 60.7 Å². The van der Waals surface area contributed by atoms with Gasteiger partial charge in [-0.25, -0.2) is 5.48 Å². The number of hydrogen-bond acceptors (Lipinski definition) is 4. The first kappa shape index (κ1) is 21.7. The number of benzene rings is 3. The predicted octanol–water partition coefficient (Wildman–Crippen LogP) is 2.71. The first-order chi connectivity index (χ1) is 15.0. The van der Waals surface area contributed by atoms with E-state index >= 15 is 0 Å². The lowest BCUT2D eigenvalue weighted by atomic mass is 10.0. The fourth-order valence-electron chi connectivity index (χ4n) is 3.08. The second kappa shape index (κ2) is 10.7. The number of nitrogens with one attached hydrogen (secondary N) is 3. The first-order valence-electron chi connectivity index (χ1n) is 9.77. The molecule has 7 heteroatoms. The van der Waals surface area contributed by atoms with E-state index in [0.29, 0.717) is 12.1 Å². The molecule has 3 aromatic rings. The van der Waals surface area contributed by atoms with E-state index in [4.69, 9.17) is 5.21 Å². The number of amides is 3. The Kier molecular flexibility index (Phi) is 7.50. The van der Waals surface area contributed by atoms with E-state index in [0.717, 1.165) is 11.1 Å². The fourth-order valence-corrected chi connectivity index (χ4v) is 3.08. The van der Waals surface area contributed by atoms with Gasteiger partial charge in [0.15, 0.2) is 0 Å². The van der Waals surface area contributed by atoms with Crippen molar-refractivity contribution in [3.63, 3.8) is 0 Å². The molecule has 0 aromatic heterocycles. The van der Waals surface area contributed by atoms with Crippen LogP contribution in [0.25, 0.3) is 0 Å². The minimum absolute atomic E-state index is 0.171. The van der Waals surface area contributed by atoms with Crippen LogP contribution in [0.1, 0.15) is 21.5 Å². The Morgan fingerprint density at radius 3 is 1.94 bits per heavy atom. The third-order valence-electron chi connectivity index (χ3n) is 4.66. The monoisotopic (exact) mass is 417 g/mol. The highest BCUT2D eigenvalue weighted by molar-refractivity contribution is 5.98. The van der Waals surface area contributed by atoms with Crippen molar-refractivity contribution in [2.75, 3.05) is 5.32 Å². The van der Waals surface area contributed by atoms with Crippen molar-refractivity contribution >= 4 is 23.4 Å². The van der Waals surface area contributed by atoms with Crippen LogP contribution in [0.3, 0.4) is 0 Å². The predicted molar refractivity (Wildman–Crippen MR) is 117 cm³/mol.